The van der Waals surface area contributed by atoms with Gasteiger partial charge in [0.05, 0.1) is 16.6 Å². The third-order valence-corrected chi connectivity index (χ3v) is 6.32. The highest BCUT2D eigenvalue weighted by atomic mass is 35.5. The fourth-order valence-electron chi connectivity index (χ4n) is 5.29. The van der Waals surface area contributed by atoms with Crippen molar-refractivity contribution in [3.8, 4) is 0 Å². The molecule has 0 aliphatic heterocycles. The number of amides is 1. The summed E-state index contributed by atoms with van der Waals surface area (Å²) in [6.45, 7) is -0.243. The van der Waals surface area contributed by atoms with Crippen LogP contribution in [0.5, 0.6) is 0 Å². The quantitative estimate of drug-likeness (QED) is 0.840. The molecule has 4 saturated carbocycles. The Kier molecular flexibility index (Phi) is 4.25. The topological polar surface area (TPSA) is 55.4 Å². The number of hydrogen-bond donors (Lipinski definition) is 1. The second kappa shape index (κ2) is 6.40. The van der Waals surface area contributed by atoms with E-state index in [2.05, 4.69) is 5.32 Å². The number of ether oxygens (including phenoxy) is 1. The van der Waals surface area contributed by atoms with E-state index in [4.69, 9.17) is 16.3 Å². The second-order valence-electron chi connectivity index (χ2n) is 7.59. The maximum absolute atomic E-state index is 12.5. The highest BCUT2D eigenvalue weighted by Gasteiger charge is 2.51. The number of halogens is 1. The number of rotatable bonds is 4. The minimum Gasteiger partial charge on any atom is -0.455 e. The maximum Gasteiger partial charge on any atom is 0.310 e. The maximum atomic E-state index is 12.5. The second-order valence-corrected chi connectivity index (χ2v) is 8.00. The molecule has 1 N–H and O–H groups in total. The van der Waals surface area contributed by atoms with Crippen LogP contribution in [-0.4, -0.2) is 18.5 Å². The van der Waals surface area contributed by atoms with Gasteiger partial charge in [0.25, 0.3) is 5.91 Å². The first kappa shape index (κ1) is 15.9. The molecule has 128 valence electrons. The zero-order valence-electron chi connectivity index (χ0n) is 13.5. The Balaban J connectivity index is 1.32. The van der Waals surface area contributed by atoms with Crippen LogP contribution in [0.4, 0.5) is 5.69 Å². The van der Waals surface area contributed by atoms with Gasteiger partial charge in [-0.3, -0.25) is 9.59 Å². The number of carbonyl (C=O) groups excluding carboxylic acids is 2. The third-order valence-electron chi connectivity index (χ3n) is 5.99. The molecule has 4 bridgehead atoms. The minimum atomic E-state index is -0.347. The Morgan fingerprint density at radius 3 is 2.29 bits per heavy atom. The van der Waals surface area contributed by atoms with Gasteiger partial charge in [-0.05, 0) is 67.9 Å². The largest absolute Gasteiger partial charge is 0.455 e. The third kappa shape index (κ3) is 3.04. The molecule has 1 amide bonds. The SMILES string of the molecule is O=C(COC(=O)C1C2CC3CC(C2)CC1C3)Nc1ccccc1Cl. The number of benzene rings is 1. The van der Waals surface area contributed by atoms with E-state index in [1.807, 2.05) is 0 Å². The summed E-state index contributed by atoms with van der Waals surface area (Å²) in [4.78, 5) is 24.5. The first-order chi connectivity index (χ1) is 11.6. The average molecular weight is 348 g/mol. The fourth-order valence-corrected chi connectivity index (χ4v) is 5.47. The molecule has 4 nitrogen and oxygen atoms in total. The molecule has 4 aliphatic carbocycles. The molecule has 4 fully saturated rings. The lowest BCUT2D eigenvalue weighted by Gasteiger charge is -2.53. The number of para-hydroxylation sites is 1. The van der Waals surface area contributed by atoms with Gasteiger partial charge in [0.2, 0.25) is 0 Å². The Hall–Kier alpha value is -1.55. The first-order valence-corrected chi connectivity index (χ1v) is 9.19. The Morgan fingerprint density at radius 1 is 1.04 bits per heavy atom. The van der Waals surface area contributed by atoms with Crippen LogP contribution in [-0.2, 0) is 14.3 Å². The van der Waals surface area contributed by atoms with Gasteiger partial charge < -0.3 is 10.1 Å². The van der Waals surface area contributed by atoms with Gasteiger partial charge in [0, 0.05) is 0 Å². The van der Waals surface area contributed by atoms with Crippen molar-refractivity contribution in [2.45, 2.75) is 32.1 Å². The van der Waals surface area contributed by atoms with E-state index in [0.717, 1.165) is 11.8 Å². The van der Waals surface area contributed by atoms with E-state index in [1.165, 1.54) is 32.1 Å². The van der Waals surface area contributed by atoms with Gasteiger partial charge in [-0.2, -0.15) is 0 Å². The zero-order chi connectivity index (χ0) is 16.7. The molecular weight excluding hydrogens is 326 g/mol. The van der Waals surface area contributed by atoms with Gasteiger partial charge in [-0.15, -0.1) is 0 Å². The fraction of sp³-hybridized carbons (Fsp3) is 0.579. The van der Waals surface area contributed by atoms with Crippen molar-refractivity contribution in [2.75, 3.05) is 11.9 Å². The van der Waals surface area contributed by atoms with Crippen LogP contribution in [0, 0.1) is 29.6 Å². The van der Waals surface area contributed by atoms with Gasteiger partial charge >= 0.3 is 5.97 Å². The number of nitrogens with one attached hydrogen (secondary N) is 1. The monoisotopic (exact) mass is 347 g/mol. The van der Waals surface area contributed by atoms with Crippen LogP contribution >= 0.6 is 11.6 Å². The number of anilines is 1. The van der Waals surface area contributed by atoms with Crippen LogP contribution in [0.2, 0.25) is 5.02 Å². The van der Waals surface area contributed by atoms with E-state index < -0.39 is 0 Å². The predicted molar refractivity (Wildman–Crippen MR) is 91.6 cm³/mol. The molecule has 0 spiro atoms. The van der Waals surface area contributed by atoms with Gasteiger partial charge in [-0.1, -0.05) is 23.7 Å². The first-order valence-electron chi connectivity index (χ1n) is 8.81. The molecule has 1 aromatic carbocycles. The Morgan fingerprint density at radius 2 is 1.67 bits per heavy atom. The normalized spacial score (nSPS) is 33.3. The van der Waals surface area contributed by atoms with Crippen LogP contribution < -0.4 is 5.32 Å². The molecule has 5 heteroatoms. The van der Waals surface area contributed by atoms with Crippen molar-refractivity contribution in [1.29, 1.82) is 0 Å². The zero-order valence-corrected chi connectivity index (χ0v) is 14.3. The predicted octanol–water partition coefficient (Wildman–Crippen LogP) is 3.89. The van der Waals surface area contributed by atoms with Crippen molar-refractivity contribution in [3.63, 3.8) is 0 Å². The molecule has 5 rings (SSSR count). The Bertz CT molecular complexity index is 632. The average Bonchev–Trinajstić information content (AvgIpc) is 2.54. The summed E-state index contributed by atoms with van der Waals surface area (Å²) in [7, 11) is 0. The van der Waals surface area contributed by atoms with Crippen molar-refractivity contribution < 1.29 is 14.3 Å². The number of carbonyl (C=O) groups is 2. The van der Waals surface area contributed by atoms with E-state index in [1.54, 1.807) is 24.3 Å². The molecule has 0 aromatic heterocycles. The number of hydrogen-bond acceptors (Lipinski definition) is 3. The van der Waals surface area contributed by atoms with E-state index >= 15 is 0 Å². The van der Waals surface area contributed by atoms with Crippen LogP contribution in [0.15, 0.2) is 24.3 Å². The van der Waals surface area contributed by atoms with Gasteiger partial charge in [0.1, 0.15) is 0 Å². The van der Waals surface area contributed by atoms with Crippen LogP contribution in [0.1, 0.15) is 32.1 Å². The lowest BCUT2D eigenvalue weighted by molar-refractivity contribution is -0.164. The highest BCUT2D eigenvalue weighted by molar-refractivity contribution is 6.33. The molecule has 0 saturated heterocycles. The number of esters is 1. The summed E-state index contributed by atoms with van der Waals surface area (Å²) in [5, 5.41) is 3.16. The van der Waals surface area contributed by atoms with E-state index in [0.29, 0.717) is 22.5 Å². The van der Waals surface area contributed by atoms with Crippen molar-refractivity contribution >= 4 is 29.2 Å². The summed E-state index contributed by atoms with van der Waals surface area (Å²) < 4.78 is 5.35. The molecule has 4 aliphatic rings. The summed E-state index contributed by atoms with van der Waals surface area (Å²) in [6.07, 6.45) is 6.02. The van der Waals surface area contributed by atoms with Gasteiger partial charge in [0.15, 0.2) is 6.61 Å². The van der Waals surface area contributed by atoms with E-state index in [9.17, 15) is 9.59 Å². The van der Waals surface area contributed by atoms with Crippen molar-refractivity contribution in [1.82, 2.24) is 0 Å². The van der Waals surface area contributed by atoms with Crippen LogP contribution in [0.25, 0.3) is 0 Å². The summed E-state index contributed by atoms with van der Waals surface area (Å²) in [6, 6.07) is 7.02. The van der Waals surface area contributed by atoms with Crippen molar-refractivity contribution in [3.05, 3.63) is 29.3 Å². The van der Waals surface area contributed by atoms with E-state index in [-0.39, 0.29) is 24.4 Å². The van der Waals surface area contributed by atoms with Crippen molar-refractivity contribution in [2.24, 2.45) is 29.6 Å². The molecule has 0 radical (unpaired) electrons. The van der Waals surface area contributed by atoms with Crippen LogP contribution in [0.3, 0.4) is 0 Å². The standard InChI is InChI=1S/C19H22ClNO3/c20-15-3-1-2-4-16(15)21-17(22)10-24-19(23)18-13-6-11-5-12(8-13)9-14(18)7-11/h1-4,11-14,18H,5-10H2,(H,21,22). The highest BCUT2D eigenvalue weighted by Crippen LogP contribution is 2.56. The lowest BCUT2D eigenvalue weighted by atomic mass is 9.52. The van der Waals surface area contributed by atoms with Gasteiger partial charge in [-0.25, -0.2) is 0 Å². The lowest BCUT2D eigenvalue weighted by Crippen LogP contribution is -2.48. The molecule has 24 heavy (non-hydrogen) atoms. The summed E-state index contributed by atoms with van der Waals surface area (Å²) in [5.41, 5.74) is 0.537. The molecule has 0 unspecified atom stereocenters. The summed E-state index contributed by atoms with van der Waals surface area (Å²) in [5.74, 6) is 2.06. The molecule has 0 heterocycles. The molecule has 1 aromatic rings. The smallest absolute Gasteiger partial charge is 0.310 e. The Labute approximate surface area is 146 Å². The minimum absolute atomic E-state index is 0.00548. The molecular formula is C19H22ClNO3. The summed E-state index contributed by atoms with van der Waals surface area (Å²) >= 11 is 6.01. The molecule has 0 atom stereocenters.